The van der Waals surface area contributed by atoms with E-state index in [0.29, 0.717) is 21.8 Å². The van der Waals surface area contributed by atoms with E-state index in [0.717, 1.165) is 16.7 Å². The summed E-state index contributed by atoms with van der Waals surface area (Å²) in [7, 11) is -2.54. The Morgan fingerprint density at radius 2 is 1.65 bits per heavy atom. The lowest BCUT2D eigenvalue weighted by molar-refractivity contribution is -0.127. The molecule has 11 nitrogen and oxygen atoms in total. The number of piperidine rings is 1. The van der Waals surface area contributed by atoms with Crippen LogP contribution in [0.2, 0.25) is 0 Å². The molecule has 2 atom stereocenters. The summed E-state index contributed by atoms with van der Waals surface area (Å²) in [6.07, 6.45) is -1.66. The number of carbonyl (C=O) groups excluding carboxylic acids is 1. The number of rotatable bonds is 4. The summed E-state index contributed by atoms with van der Waals surface area (Å²) in [5, 5.41) is 20.2. The largest absolute Gasteiger partial charge is 0.496 e. The second-order valence-corrected chi connectivity index (χ2v) is 13.3. The fourth-order valence-corrected chi connectivity index (χ4v) is 6.22. The van der Waals surface area contributed by atoms with Gasteiger partial charge in [0.05, 0.1) is 31.7 Å². The Kier molecular flexibility index (Phi) is 7.11. The maximum atomic E-state index is 14.2. The highest BCUT2D eigenvalue weighted by Crippen LogP contribution is 2.57. The van der Waals surface area contributed by atoms with Gasteiger partial charge in [-0.1, -0.05) is 41.5 Å². The van der Waals surface area contributed by atoms with Gasteiger partial charge in [-0.3, -0.25) is 8.98 Å². The lowest BCUT2D eigenvalue weighted by Crippen LogP contribution is -2.63. The van der Waals surface area contributed by atoms with Crippen LogP contribution >= 0.6 is 0 Å². The van der Waals surface area contributed by atoms with Crippen LogP contribution in [0.3, 0.4) is 0 Å². The molecule has 2 aliphatic heterocycles. The molecule has 37 heavy (non-hydrogen) atoms. The van der Waals surface area contributed by atoms with Crippen LogP contribution < -0.4 is 9.64 Å². The monoisotopic (exact) mass is 540 g/mol. The Morgan fingerprint density at radius 3 is 2.08 bits per heavy atom. The minimum absolute atomic E-state index is 0.0394. The van der Waals surface area contributed by atoms with Crippen LogP contribution in [-0.4, -0.2) is 74.2 Å². The second kappa shape index (κ2) is 9.16. The number of likely N-dealkylation sites (tertiary alicyclic amines) is 1. The van der Waals surface area contributed by atoms with Crippen molar-refractivity contribution in [2.24, 2.45) is 0 Å². The van der Waals surface area contributed by atoms with Crippen molar-refractivity contribution in [2.45, 2.75) is 76.7 Å². The third-order valence-electron chi connectivity index (χ3n) is 7.05. The molecule has 0 radical (unpaired) electrons. The van der Waals surface area contributed by atoms with Crippen molar-refractivity contribution in [1.29, 1.82) is 0 Å². The van der Waals surface area contributed by atoms with E-state index in [1.807, 2.05) is 41.5 Å². The van der Waals surface area contributed by atoms with Crippen LogP contribution in [-0.2, 0) is 35.3 Å². The topological polar surface area (TPSA) is 151 Å². The fourth-order valence-electron chi connectivity index (χ4n) is 5.84. The molecule has 0 bridgehead atoms. The van der Waals surface area contributed by atoms with E-state index in [2.05, 4.69) is 0 Å². The number of carboxylic acid groups (broad SMARTS) is 2. The fraction of sp³-hybridized carbons (Fsp3) is 0.640. The van der Waals surface area contributed by atoms with E-state index in [4.69, 9.17) is 8.92 Å². The Morgan fingerprint density at radius 1 is 1.08 bits per heavy atom. The molecule has 2 aliphatic rings. The highest BCUT2D eigenvalue weighted by molar-refractivity contribution is 7.85. The Hall–Kier alpha value is -2.86. The zero-order chi connectivity index (χ0) is 28.3. The van der Waals surface area contributed by atoms with E-state index >= 15 is 0 Å². The summed E-state index contributed by atoms with van der Waals surface area (Å²) >= 11 is 0. The van der Waals surface area contributed by atoms with Gasteiger partial charge in [0.2, 0.25) is 5.91 Å². The summed E-state index contributed by atoms with van der Waals surface area (Å²) < 4.78 is 34.7. The molecule has 206 valence electrons. The lowest BCUT2D eigenvalue weighted by Gasteiger charge is -2.47. The number of amides is 3. The van der Waals surface area contributed by atoms with Gasteiger partial charge in [-0.05, 0) is 34.8 Å². The van der Waals surface area contributed by atoms with Gasteiger partial charge in [0.15, 0.2) is 0 Å². The van der Waals surface area contributed by atoms with Crippen molar-refractivity contribution in [1.82, 2.24) is 4.90 Å². The van der Waals surface area contributed by atoms with Gasteiger partial charge < -0.3 is 19.8 Å². The van der Waals surface area contributed by atoms with Crippen molar-refractivity contribution in [3.8, 4) is 5.75 Å². The number of carbonyl (C=O) groups is 3. The van der Waals surface area contributed by atoms with E-state index in [1.54, 1.807) is 0 Å². The molecule has 12 heteroatoms. The molecule has 0 aromatic heterocycles. The van der Waals surface area contributed by atoms with Crippen molar-refractivity contribution in [3.05, 3.63) is 22.8 Å². The Balaban J connectivity index is 2.56. The first-order valence-corrected chi connectivity index (χ1v) is 13.8. The molecule has 3 rings (SSSR count). The normalized spacial score (nSPS) is 22.4. The standard InChI is InChI=1S/C25H36N2O9S/c1-23(2,3)18-15(35-7)12-14-17(19(18)24(4,5)6)25(20(28)27(14)22(31)32)10-9-11-26(21(29)30)16(25)13-36-37(8,33)34/h12,16H,9-11,13H2,1-8H3,(H,29,30)(H,31,32). The molecule has 1 fully saturated rings. The highest BCUT2D eigenvalue weighted by atomic mass is 32.2. The number of fused-ring (bicyclic) bond motifs is 2. The van der Waals surface area contributed by atoms with E-state index < -0.39 is 57.1 Å². The average Bonchev–Trinajstić information content (AvgIpc) is 2.97. The maximum Gasteiger partial charge on any atom is 0.418 e. The molecule has 3 amide bonds. The average molecular weight is 541 g/mol. The van der Waals surface area contributed by atoms with Crippen molar-refractivity contribution >= 4 is 33.9 Å². The van der Waals surface area contributed by atoms with E-state index in [9.17, 15) is 33.0 Å². The summed E-state index contributed by atoms with van der Waals surface area (Å²) in [6, 6.07) is 0.228. The molecular formula is C25H36N2O9S. The number of benzene rings is 1. The zero-order valence-corrected chi connectivity index (χ0v) is 23.4. The van der Waals surface area contributed by atoms with Crippen LogP contribution in [0.25, 0.3) is 0 Å². The molecule has 1 spiro atoms. The molecule has 1 saturated heterocycles. The van der Waals surface area contributed by atoms with Crippen molar-refractivity contribution in [3.63, 3.8) is 0 Å². The second-order valence-electron chi connectivity index (χ2n) is 11.7. The van der Waals surface area contributed by atoms with Gasteiger partial charge in [-0.15, -0.1) is 0 Å². The maximum absolute atomic E-state index is 14.2. The molecule has 2 heterocycles. The third-order valence-corrected chi connectivity index (χ3v) is 7.62. The minimum Gasteiger partial charge on any atom is -0.496 e. The Bertz CT molecular complexity index is 1240. The first kappa shape index (κ1) is 28.7. The van der Waals surface area contributed by atoms with Gasteiger partial charge in [0, 0.05) is 18.2 Å². The van der Waals surface area contributed by atoms with E-state index in [1.165, 1.54) is 13.2 Å². The number of hydrogen-bond donors (Lipinski definition) is 2. The number of ether oxygens (including phenoxy) is 1. The molecule has 1 aromatic rings. The number of imide groups is 1. The highest BCUT2D eigenvalue weighted by Gasteiger charge is 2.63. The molecule has 1 aromatic carbocycles. The number of nitrogens with zero attached hydrogens (tertiary/aromatic N) is 2. The van der Waals surface area contributed by atoms with Gasteiger partial charge in [0.1, 0.15) is 11.2 Å². The quantitative estimate of drug-likeness (QED) is 0.545. The molecular weight excluding hydrogens is 504 g/mol. The summed E-state index contributed by atoms with van der Waals surface area (Å²) in [5.41, 5.74) is -0.946. The van der Waals surface area contributed by atoms with Crippen LogP contribution in [0.1, 0.15) is 71.1 Å². The van der Waals surface area contributed by atoms with Crippen molar-refractivity contribution < 1.29 is 41.9 Å². The predicted octanol–water partition coefficient (Wildman–Crippen LogP) is 3.67. The van der Waals surface area contributed by atoms with Crippen LogP contribution in [0.5, 0.6) is 5.75 Å². The summed E-state index contributed by atoms with van der Waals surface area (Å²) in [6.45, 7) is 11.1. The number of anilines is 1. The summed E-state index contributed by atoms with van der Waals surface area (Å²) in [5.74, 6) is -0.427. The van der Waals surface area contributed by atoms with Crippen LogP contribution in [0, 0.1) is 0 Å². The first-order valence-electron chi connectivity index (χ1n) is 12.0. The Labute approximate surface area is 217 Å². The van der Waals surface area contributed by atoms with Crippen molar-refractivity contribution in [2.75, 3.05) is 31.4 Å². The van der Waals surface area contributed by atoms with Crippen LogP contribution in [0.15, 0.2) is 6.07 Å². The van der Waals surface area contributed by atoms with Crippen LogP contribution in [0.4, 0.5) is 15.3 Å². The molecule has 2 unspecified atom stereocenters. The van der Waals surface area contributed by atoms with Gasteiger partial charge >= 0.3 is 12.2 Å². The lowest BCUT2D eigenvalue weighted by atomic mass is 9.62. The SMILES string of the molecule is COc1cc2c(c(C(C)(C)C)c1C(C)(C)C)C1(CCCN(C(=O)O)C1COS(C)(=O)=O)C(=O)N2C(=O)O. The van der Waals surface area contributed by atoms with Gasteiger partial charge in [-0.2, -0.15) is 8.42 Å². The van der Waals surface area contributed by atoms with Gasteiger partial charge in [-0.25, -0.2) is 14.5 Å². The number of hydrogen-bond acceptors (Lipinski definition) is 7. The molecule has 0 saturated carbocycles. The number of methoxy groups -OCH3 is 1. The predicted molar refractivity (Wildman–Crippen MR) is 136 cm³/mol. The zero-order valence-electron chi connectivity index (χ0n) is 22.5. The molecule has 2 N–H and O–H groups in total. The first-order chi connectivity index (χ1) is 16.8. The van der Waals surface area contributed by atoms with Gasteiger partial charge in [0.25, 0.3) is 10.1 Å². The minimum atomic E-state index is -4.00. The third kappa shape index (κ3) is 4.76. The molecule has 0 aliphatic carbocycles. The van der Waals surface area contributed by atoms with E-state index in [-0.39, 0.29) is 25.1 Å². The smallest absolute Gasteiger partial charge is 0.418 e. The summed E-state index contributed by atoms with van der Waals surface area (Å²) in [4.78, 5) is 40.7.